The van der Waals surface area contributed by atoms with Gasteiger partial charge in [-0.15, -0.1) is 0 Å². The topological polar surface area (TPSA) is 75.4 Å². The molecule has 5 nitrogen and oxygen atoms in total. The van der Waals surface area contributed by atoms with Crippen LogP contribution in [0.3, 0.4) is 0 Å². The summed E-state index contributed by atoms with van der Waals surface area (Å²) in [7, 11) is 0. The van der Waals surface area contributed by atoms with Crippen molar-refractivity contribution in [3.8, 4) is 0 Å². The van der Waals surface area contributed by atoms with Gasteiger partial charge in [0.15, 0.2) is 0 Å². The van der Waals surface area contributed by atoms with Crippen LogP contribution in [0.1, 0.15) is 42.9 Å². The summed E-state index contributed by atoms with van der Waals surface area (Å²) < 4.78 is 0. The molecule has 1 aliphatic carbocycles. The molecular formula is C18H25N3O2. The molecule has 0 bridgehead atoms. The number of aryl methyl sites for hydroxylation is 1. The highest BCUT2D eigenvalue weighted by atomic mass is 16.2. The zero-order valence-electron chi connectivity index (χ0n) is 13.5. The average Bonchev–Trinajstić information content (AvgIpc) is 3.03. The molecule has 1 saturated heterocycles. The second-order valence-corrected chi connectivity index (χ2v) is 6.65. The monoisotopic (exact) mass is 315 g/mol. The van der Waals surface area contributed by atoms with E-state index in [1.54, 1.807) is 0 Å². The first kappa shape index (κ1) is 16.0. The second kappa shape index (κ2) is 7.13. The van der Waals surface area contributed by atoms with Gasteiger partial charge in [0, 0.05) is 19.5 Å². The third kappa shape index (κ3) is 3.91. The molecule has 1 aromatic carbocycles. The third-order valence-corrected chi connectivity index (χ3v) is 5.03. The van der Waals surface area contributed by atoms with E-state index in [-0.39, 0.29) is 23.8 Å². The van der Waals surface area contributed by atoms with Gasteiger partial charge in [0.25, 0.3) is 0 Å². The number of nitrogens with one attached hydrogen (secondary N) is 1. The van der Waals surface area contributed by atoms with Crippen molar-refractivity contribution in [2.75, 3.05) is 19.6 Å². The van der Waals surface area contributed by atoms with Crippen molar-refractivity contribution in [1.82, 2.24) is 10.2 Å². The lowest BCUT2D eigenvalue weighted by Crippen LogP contribution is -2.34. The Hall–Kier alpha value is -1.88. The number of hydrogen-bond acceptors (Lipinski definition) is 3. The Labute approximate surface area is 137 Å². The van der Waals surface area contributed by atoms with E-state index in [1.807, 2.05) is 6.07 Å². The van der Waals surface area contributed by atoms with Crippen LogP contribution in [0.25, 0.3) is 0 Å². The maximum absolute atomic E-state index is 12.3. The molecule has 3 rings (SSSR count). The number of fused-ring (bicyclic) bond motifs is 1. The lowest BCUT2D eigenvalue weighted by molar-refractivity contribution is -0.122. The normalized spacial score (nSPS) is 24.2. The Balaban J connectivity index is 1.48. The number of amides is 2. The fraction of sp³-hybridized carbons (Fsp3) is 0.556. The summed E-state index contributed by atoms with van der Waals surface area (Å²) in [6, 6.07) is 8.52. The van der Waals surface area contributed by atoms with Crippen LogP contribution in [0.5, 0.6) is 0 Å². The quantitative estimate of drug-likeness (QED) is 0.862. The molecule has 1 aliphatic heterocycles. The molecule has 1 fully saturated rings. The van der Waals surface area contributed by atoms with E-state index in [2.05, 4.69) is 28.4 Å². The third-order valence-electron chi connectivity index (χ3n) is 5.03. The highest BCUT2D eigenvalue weighted by Crippen LogP contribution is 2.29. The van der Waals surface area contributed by atoms with E-state index in [9.17, 15) is 9.59 Å². The van der Waals surface area contributed by atoms with Gasteiger partial charge in [-0.2, -0.15) is 0 Å². The highest BCUT2D eigenvalue weighted by molar-refractivity contribution is 5.77. The number of nitrogens with two attached hydrogens (primary N) is 1. The van der Waals surface area contributed by atoms with E-state index in [1.165, 1.54) is 11.1 Å². The molecule has 0 aromatic heterocycles. The van der Waals surface area contributed by atoms with Crippen molar-refractivity contribution >= 4 is 11.8 Å². The molecule has 3 N–H and O–H groups in total. The van der Waals surface area contributed by atoms with Crippen LogP contribution >= 0.6 is 0 Å². The van der Waals surface area contributed by atoms with Crippen LogP contribution in [0, 0.1) is 5.92 Å². The first-order valence-electron chi connectivity index (χ1n) is 8.52. The lowest BCUT2D eigenvalue weighted by atomic mass is 9.87. The van der Waals surface area contributed by atoms with E-state index >= 15 is 0 Å². The number of likely N-dealkylation sites (tertiary alicyclic amines) is 1. The van der Waals surface area contributed by atoms with Gasteiger partial charge in [0.2, 0.25) is 11.8 Å². The average molecular weight is 315 g/mol. The van der Waals surface area contributed by atoms with Crippen molar-refractivity contribution in [1.29, 1.82) is 0 Å². The molecule has 23 heavy (non-hydrogen) atoms. The van der Waals surface area contributed by atoms with Crippen LogP contribution < -0.4 is 11.1 Å². The Bertz CT molecular complexity index is 587. The SMILES string of the molecule is NC(=O)[C@@H]1CCN(CCC(=O)N[C@H]2CCCc3ccccc32)C1. The van der Waals surface area contributed by atoms with E-state index in [0.29, 0.717) is 19.5 Å². The fourth-order valence-electron chi connectivity index (χ4n) is 3.70. The summed E-state index contributed by atoms with van der Waals surface area (Å²) in [4.78, 5) is 25.6. The molecule has 1 aromatic rings. The maximum atomic E-state index is 12.3. The summed E-state index contributed by atoms with van der Waals surface area (Å²) in [6.07, 6.45) is 4.52. The standard InChI is InChI=1S/C18H25N3O2/c19-18(23)14-8-10-21(12-14)11-9-17(22)20-16-7-3-5-13-4-1-2-6-15(13)16/h1-2,4,6,14,16H,3,5,7-12H2,(H2,19,23)(H,20,22)/t14-,16+/m1/s1. The zero-order chi connectivity index (χ0) is 16.2. The van der Waals surface area contributed by atoms with Crippen LogP contribution in [0.15, 0.2) is 24.3 Å². The van der Waals surface area contributed by atoms with Crippen molar-refractivity contribution in [2.24, 2.45) is 11.7 Å². The minimum Gasteiger partial charge on any atom is -0.369 e. The van der Waals surface area contributed by atoms with Crippen LogP contribution in [0.2, 0.25) is 0 Å². The molecule has 124 valence electrons. The zero-order valence-corrected chi connectivity index (χ0v) is 13.5. The first-order valence-corrected chi connectivity index (χ1v) is 8.52. The molecular weight excluding hydrogens is 290 g/mol. The number of benzene rings is 1. The molecule has 5 heteroatoms. The highest BCUT2D eigenvalue weighted by Gasteiger charge is 2.27. The summed E-state index contributed by atoms with van der Waals surface area (Å²) in [5.74, 6) is -0.187. The number of rotatable bonds is 5. The Morgan fingerprint density at radius 1 is 1.26 bits per heavy atom. The van der Waals surface area contributed by atoms with E-state index < -0.39 is 0 Å². The summed E-state index contributed by atoms with van der Waals surface area (Å²) >= 11 is 0. The molecule has 2 amide bonds. The van der Waals surface area contributed by atoms with Gasteiger partial charge < -0.3 is 16.0 Å². The van der Waals surface area contributed by atoms with Gasteiger partial charge in [0.1, 0.15) is 0 Å². The second-order valence-electron chi connectivity index (χ2n) is 6.65. The largest absolute Gasteiger partial charge is 0.369 e. The van der Waals surface area contributed by atoms with Gasteiger partial charge in [-0.25, -0.2) is 0 Å². The predicted octanol–water partition coefficient (Wildman–Crippen LogP) is 1.38. The van der Waals surface area contributed by atoms with Gasteiger partial charge in [-0.05, 0) is 43.4 Å². The lowest BCUT2D eigenvalue weighted by Gasteiger charge is -2.26. The van der Waals surface area contributed by atoms with Crippen molar-refractivity contribution < 1.29 is 9.59 Å². The minimum atomic E-state index is -0.226. The minimum absolute atomic E-state index is 0.0525. The molecule has 0 saturated carbocycles. The number of carbonyl (C=O) groups is 2. The Morgan fingerprint density at radius 3 is 2.87 bits per heavy atom. The van der Waals surface area contributed by atoms with Crippen LogP contribution in [-0.4, -0.2) is 36.3 Å². The smallest absolute Gasteiger partial charge is 0.221 e. The van der Waals surface area contributed by atoms with Crippen molar-refractivity contribution in [3.63, 3.8) is 0 Å². The number of primary amides is 1. The molecule has 0 unspecified atom stereocenters. The predicted molar refractivity (Wildman–Crippen MR) is 88.6 cm³/mol. The molecule has 2 aliphatic rings. The van der Waals surface area contributed by atoms with Gasteiger partial charge in [-0.3, -0.25) is 9.59 Å². The number of nitrogens with zero attached hydrogens (tertiary/aromatic N) is 1. The summed E-state index contributed by atoms with van der Waals surface area (Å²) in [5.41, 5.74) is 7.96. The van der Waals surface area contributed by atoms with Crippen molar-refractivity contribution in [2.45, 2.75) is 38.1 Å². The Morgan fingerprint density at radius 2 is 2.09 bits per heavy atom. The van der Waals surface area contributed by atoms with Gasteiger partial charge in [0.05, 0.1) is 12.0 Å². The summed E-state index contributed by atoms with van der Waals surface area (Å²) in [6.45, 7) is 2.24. The van der Waals surface area contributed by atoms with E-state index in [0.717, 1.165) is 32.2 Å². The van der Waals surface area contributed by atoms with Crippen LogP contribution in [0.4, 0.5) is 0 Å². The first-order chi connectivity index (χ1) is 11.1. The number of carbonyl (C=O) groups excluding carboxylic acids is 2. The fourth-order valence-corrected chi connectivity index (χ4v) is 3.70. The summed E-state index contributed by atoms with van der Waals surface area (Å²) in [5, 5.41) is 3.18. The molecule has 1 heterocycles. The molecule has 0 spiro atoms. The van der Waals surface area contributed by atoms with Crippen LogP contribution in [-0.2, 0) is 16.0 Å². The molecule has 2 atom stereocenters. The van der Waals surface area contributed by atoms with Gasteiger partial charge in [-0.1, -0.05) is 24.3 Å². The Kier molecular flexibility index (Phi) is 4.96. The number of hydrogen-bond donors (Lipinski definition) is 2. The maximum Gasteiger partial charge on any atom is 0.221 e. The molecule has 0 radical (unpaired) electrons. The van der Waals surface area contributed by atoms with Crippen molar-refractivity contribution in [3.05, 3.63) is 35.4 Å². The van der Waals surface area contributed by atoms with Gasteiger partial charge >= 0.3 is 0 Å². The van der Waals surface area contributed by atoms with E-state index in [4.69, 9.17) is 5.73 Å².